The molecule has 7 heteroatoms. The van der Waals surface area contributed by atoms with Gasteiger partial charge in [-0.05, 0) is 42.6 Å². The Bertz CT molecular complexity index is 1140. The first kappa shape index (κ1) is 20.3. The number of ketones is 1. The van der Waals surface area contributed by atoms with Crippen molar-refractivity contribution in [2.24, 2.45) is 0 Å². The third kappa shape index (κ3) is 4.31. The summed E-state index contributed by atoms with van der Waals surface area (Å²) < 4.78 is 44.2. The molecule has 0 spiro atoms. The molecule has 0 amide bonds. The zero-order valence-corrected chi connectivity index (χ0v) is 16.1. The van der Waals surface area contributed by atoms with Gasteiger partial charge in [-0.3, -0.25) is 9.59 Å². The molecule has 1 saturated heterocycles. The number of hydrogen-bond donors (Lipinski definition) is 0. The number of likely N-dealkylation sites (tertiary alicyclic amines) is 1. The molecule has 1 unspecified atom stereocenters. The summed E-state index contributed by atoms with van der Waals surface area (Å²) in [6.07, 6.45) is -1.99. The zero-order valence-electron chi connectivity index (χ0n) is 16.1. The Kier molecular flexibility index (Phi) is 5.47. The number of fused-ring (bicyclic) bond motifs is 1. The van der Waals surface area contributed by atoms with Crippen LogP contribution >= 0.6 is 0 Å². The average molecular weight is 415 g/mol. The van der Waals surface area contributed by atoms with Gasteiger partial charge >= 0.3 is 6.18 Å². The van der Waals surface area contributed by atoms with Crippen molar-refractivity contribution in [2.45, 2.75) is 24.9 Å². The predicted octanol–water partition coefficient (Wildman–Crippen LogP) is 4.87. The average Bonchev–Trinajstić information content (AvgIpc) is 3.20. The molecule has 0 aliphatic carbocycles. The van der Waals surface area contributed by atoms with Crippen LogP contribution in [-0.2, 0) is 6.18 Å². The molecule has 0 radical (unpaired) electrons. The summed E-state index contributed by atoms with van der Waals surface area (Å²) >= 11 is 0. The Morgan fingerprint density at radius 2 is 1.97 bits per heavy atom. The van der Waals surface area contributed by atoms with Gasteiger partial charge in [0.15, 0.2) is 11.2 Å². The smallest absolute Gasteiger partial charge is 0.416 e. The maximum atomic E-state index is 12.9. The number of nitrogens with zero attached hydrogens (tertiary/aromatic N) is 1. The lowest BCUT2D eigenvalue weighted by atomic mass is 9.96. The largest absolute Gasteiger partial charge is 0.464 e. The first-order valence-electron chi connectivity index (χ1n) is 9.75. The van der Waals surface area contributed by atoms with Crippen LogP contribution in [0, 0.1) is 0 Å². The van der Waals surface area contributed by atoms with Crippen LogP contribution in [0.2, 0.25) is 0 Å². The van der Waals surface area contributed by atoms with Crippen molar-refractivity contribution < 1.29 is 22.4 Å². The molecule has 30 heavy (non-hydrogen) atoms. The number of halogens is 3. The number of Topliss-reactive ketones (excluding diaryl/α,β-unsaturated/α-hetero) is 1. The Morgan fingerprint density at radius 1 is 1.13 bits per heavy atom. The number of alkyl halides is 3. The van der Waals surface area contributed by atoms with E-state index in [9.17, 15) is 22.8 Å². The number of hydrogen-bond acceptors (Lipinski definition) is 4. The van der Waals surface area contributed by atoms with E-state index >= 15 is 0 Å². The highest BCUT2D eigenvalue weighted by Gasteiger charge is 2.32. The highest BCUT2D eigenvalue weighted by Crippen LogP contribution is 2.33. The van der Waals surface area contributed by atoms with Gasteiger partial charge < -0.3 is 9.32 Å². The van der Waals surface area contributed by atoms with E-state index in [0.29, 0.717) is 35.2 Å². The van der Waals surface area contributed by atoms with E-state index in [2.05, 4.69) is 4.90 Å². The van der Waals surface area contributed by atoms with Crippen LogP contribution in [0.25, 0.3) is 11.0 Å². The SMILES string of the molecule is O=C(CCN1CCC(c2cccc(C(F)(F)F)c2)C1)c1ccc2c(=O)ccoc2c1. The Hall–Kier alpha value is -2.93. The second-order valence-corrected chi connectivity index (χ2v) is 7.58. The second-order valence-electron chi connectivity index (χ2n) is 7.58. The fraction of sp³-hybridized carbons (Fsp3) is 0.304. The van der Waals surface area contributed by atoms with E-state index in [1.165, 1.54) is 24.5 Å². The van der Waals surface area contributed by atoms with Gasteiger partial charge in [0.05, 0.1) is 17.2 Å². The van der Waals surface area contributed by atoms with Gasteiger partial charge in [-0.25, -0.2) is 0 Å². The van der Waals surface area contributed by atoms with E-state index in [4.69, 9.17) is 4.42 Å². The van der Waals surface area contributed by atoms with Gasteiger partial charge in [-0.15, -0.1) is 0 Å². The zero-order chi connectivity index (χ0) is 21.3. The number of carbonyl (C=O) groups is 1. The van der Waals surface area contributed by atoms with Crippen molar-refractivity contribution in [3.8, 4) is 0 Å². The molecule has 1 aliphatic heterocycles. The quantitative estimate of drug-likeness (QED) is 0.558. The van der Waals surface area contributed by atoms with Crippen LogP contribution in [0.1, 0.15) is 40.2 Å². The van der Waals surface area contributed by atoms with Gasteiger partial charge in [0.1, 0.15) is 5.58 Å². The summed E-state index contributed by atoms with van der Waals surface area (Å²) in [5, 5.41) is 0.428. The van der Waals surface area contributed by atoms with Crippen LogP contribution in [-0.4, -0.2) is 30.3 Å². The molecule has 0 N–H and O–H groups in total. The highest BCUT2D eigenvalue weighted by atomic mass is 19.4. The maximum Gasteiger partial charge on any atom is 0.416 e. The van der Waals surface area contributed by atoms with Crippen molar-refractivity contribution in [1.82, 2.24) is 4.90 Å². The molecule has 0 bridgehead atoms. The second kappa shape index (κ2) is 8.07. The summed E-state index contributed by atoms with van der Waals surface area (Å²) in [5.41, 5.74) is 0.748. The monoisotopic (exact) mass is 415 g/mol. The topological polar surface area (TPSA) is 50.5 Å². The normalized spacial score (nSPS) is 17.5. The van der Waals surface area contributed by atoms with E-state index in [-0.39, 0.29) is 23.6 Å². The molecule has 0 saturated carbocycles. The fourth-order valence-electron chi connectivity index (χ4n) is 3.94. The summed E-state index contributed by atoms with van der Waals surface area (Å²) in [6, 6.07) is 11.6. The van der Waals surface area contributed by atoms with Gasteiger partial charge in [0.25, 0.3) is 0 Å². The lowest BCUT2D eigenvalue weighted by molar-refractivity contribution is -0.137. The van der Waals surface area contributed by atoms with Crippen LogP contribution in [0.5, 0.6) is 0 Å². The van der Waals surface area contributed by atoms with Crippen molar-refractivity contribution in [1.29, 1.82) is 0 Å². The van der Waals surface area contributed by atoms with E-state index < -0.39 is 11.7 Å². The van der Waals surface area contributed by atoms with Crippen molar-refractivity contribution in [3.05, 3.63) is 81.7 Å². The molecule has 1 atom stereocenters. The standard InChI is InChI=1S/C23H20F3NO3/c24-23(25,26)18-3-1-2-15(12-18)17-6-9-27(14-17)10-7-20(28)16-4-5-19-21(29)8-11-30-22(19)13-16/h1-5,8,11-13,17H,6-7,9-10,14H2. The van der Waals surface area contributed by atoms with Gasteiger partial charge in [0, 0.05) is 31.1 Å². The lowest BCUT2D eigenvalue weighted by Gasteiger charge is -2.16. The van der Waals surface area contributed by atoms with Gasteiger partial charge in [-0.2, -0.15) is 13.2 Å². The Morgan fingerprint density at radius 3 is 2.77 bits per heavy atom. The summed E-state index contributed by atoms with van der Waals surface area (Å²) in [6.45, 7) is 1.90. The molecule has 1 aliphatic rings. The molecule has 1 fully saturated rings. The fourth-order valence-corrected chi connectivity index (χ4v) is 3.94. The summed E-state index contributed by atoms with van der Waals surface area (Å²) in [7, 11) is 0. The van der Waals surface area contributed by atoms with Crippen LogP contribution in [0.15, 0.2) is 64.0 Å². The van der Waals surface area contributed by atoms with Crippen LogP contribution in [0.4, 0.5) is 13.2 Å². The Labute approximate surface area is 170 Å². The third-order valence-electron chi connectivity index (χ3n) is 5.60. The summed E-state index contributed by atoms with van der Waals surface area (Å²) in [5.74, 6) is -0.0386. The summed E-state index contributed by atoms with van der Waals surface area (Å²) in [4.78, 5) is 26.4. The molecule has 4 nitrogen and oxygen atoms in total. The lowest BCUT2D eigenvalue weighted by Crippen LogP contribution is -2.23. The highest BCUT2D eigenvalue weighted by molar-refractivity contribution is 5.99. The Balaban J connectivity index is 1.37. The molecule has 2 heterocycles. The predicted molar refractivity (Wildman–Crippen MR) is 107 cm³/mol. The molecule has 3 aromatic rings. The van der Waals surface area contributed by atoms with Gasteiger partial charge in [0.2, 0.25) is 0 Å². The van der Waals surface area contributed by atoms with Crippen molar-refractivity contribution in [3.63, 3.8) is 0 Å². The van der Waals surface area contributed by atoms with Crippen LogP contribution < -0.4 is 5.43 Å². The number of rotatable bonds is 5. The molecular weight excluding hydrogens is 395 g/mol. The molecule has 4 rings (SSSR count). The minimum absolute atomic E-state index is 0.0253. The van der Waals surface area contributed by atoms with E-state index in [0.717, 1.165) is 19.0 Å². The molecule has 156 valence electrons. The van der Waals surface area contributed by atoms with Crippen molar-refractivity contribution >= 4 is 16.8 Å². The molecule has 1 aromatic heterocycles. The van der Waals surface area contributed by atoms with E-state index in [1.807, 2.05) is 0 Å². The minimum atomic E-state index is -4.35. The third-order valence-corrected chi connectivity index (χ3v) is 5.60. The minimum Gasteiger partial charge on any atom is -0.464 e. The molecule has 2 aromatic carbocycles. The molecular formula is C23H20F3NO3. The van der Waals surface area contributed by atoms with Gasteiger partial charge in [-0.1, -0.05) is 24.3 Å². The maximum absolute atomic E-state index is 12.9. The van der Waals surface area contributed by atoms with E-state index in [1.54, 1.807) is 24.3 Å². The first-order valence-corrected chi connectivity index (χ1v) is 9.75. The first-order chi connectivity index (χ1) is 14.3. The number of carbonyl (C=O) groups excluding carboxylic acids is 1. The number of benzene rings is 2. The van der Waals surface area contributed by atoms with Crippen LogP contribution in [0.3, 0.4) is 0 Å². The van der Waals surface area contributed by atoms with Crippen molar-refractivity contribution in [2.75, 3.05) is 19.6 Å².